The summed E-state index contributed by atoms with van der Waals surface area (Å²) in [6.45, 7) is 5.14. The first-order valence-electron chi connectivity index (χ1n) is 12.0. The quantitative estimate of drug-likeness (QED) is 0.555. The number of methoxy groups -OCH3 is 2. The Balaban J connectivity index is 1.33. The van der Waals surface area contributed by atoms with E-state index >= 15 is 0 Å². The van der Waals surface area contributed by atoms with Crippen LogP contribution in [0.25, 0.3) is 11.4 Å². The molecular formula is C25H30ClN7O3. The summed E-state index contributed by atoms with van der Waals surface area (Å²) < 4.78 is 12.1. The van der Waals surface area contributed by atoms with Gasteiger partial charge in [0.15, 0.2) is 5.82 Å². The standard InChI is InChI=1S/C25H30ClN7O3/c1-14(17-11-20(35-4)27-12-19(17)26)23(34)33-9-8-25(13-33)7-6-16-10-18(15(2)28-21(16)30-25)22-29-24(36-5)32(3)31-22/h10-12,14H,6-9,13H2,1-5H3,(H,28,30)/t14-,25?/m1/s1. The van der Waals surface area contributed by atoms with Gasteiger partial charge in [0.2, 0.25) is 11.8 Å². The molecule has 0 aliphatic carbocycles. The summed E-state index contributed by atoms with van der Waals surface area (Å²) in [4.78, 5) is 28.8. The van der Waals surface area contributed by atoms with Crippen LogP contribution in [-0.2, 0) is 18.3 Å². The first-order chi connectivity index (χ1) is 17.2. The fraction of sp³-hybridized carbons (Fsp3) is 0.480. The Morgan fingerprint density at radius 2 is 2.03 bits per heavy atom. The minimum Gasteiger partial charge on any atom is -0.481 e. The molecule has 0 aromatic carbocycles. The molecule has 1 saturated heterocycles. The van der Waals surface area contributed by atoms with Gasteiger partial charge in [-0.05, 0) is 50.3 Å². The van der Waals surface area contributed by atoms with Crippen molar-refractivity contribution in [3.05, 3.63) is 40.2 Å². The second kappa shape index (κ2) is 9.24. The number of nitrogens with zero attached hydrogens (tertiary/aromatic N) is 6. The van der Waals surface area contributed by atoms with E-state index in [1.165, 1.54) is 6.20 Å². The molecule has 10 nitrogen and oxygen atoms in total. The van der Waals surface area contributed by atoms with Gasteiger partial charge < -0.3 is 19.7 Å². The number of amides is 1. The van der Waals surface area contributed by atoms with E-state index in [0.29, 0.717) is 35.8 Å². The van der Waals surface area contributed by atoms with E-state index in [2.05, 4.69) is 26.4 Å². The minimum atomic E-state index is -0.397. The largest absolute Gasteiger partial charge is 0.481 e. The molecule has 1 unspecified atom stereocenters. The summed E-state index contributed by atoms with van der Waals surface area (Å²) in [7, 11) is 4.93. The molecular weight excluding hydrogens is 482 g/mol. The highest BCUT2D eigenvalue weighted by Gasteiger charge is 2.43. The van der Waals surface area contributed by atoms with Gasteiger partial charge in [0, 0.05) is 38.0 Å². The number of hydrogen-bond donors (Lipinski definition) is 1. The molecule has 11 heteroatoms. The molecule has 2 atom stereocenters. The molecule has 2 aliphatic heterocycles. The molecule has 3 aromatic heterocycles. The lowest BCUT2D eigenvalue weighted by molar-refractivity contribution is -0.131. The second-order valence-corrected chi connectivity index (χ2v) is 9.97. The number of anilines is 1. The van der Waals surface area contributed by atoms with Crippen LogP contribution in [0.5, 0.6) is 11.9 Å². The Labute approximate surface area is 215 Å². The van der Waals surface area contributed by atoms with Crippen LogP contribution < -0.4 is 14.8 Å². The van der Waals surface area contributed by atoms with Crippen LogP contribution in [-0.4, -0.2) is 68.4 Å². The van der Waals surface area contributed by atoms with Gasteiger partial charge in [-0.3, -0.25) is 4.79 Å². The van der Waals surface area contributed by atoms with E-state index in [-0.39, 0.29) is 11.4 Å². The lowest BCUT2D eigenvalue weighted by Crippen LogP contribution is -2.46. The number of halogens is 1. The number of aryl methyl sites for hydroxylation is 3. The van der Waals surface area contributed by atoms with E-state index in [0.717, 1.165) is 47.5 Å². The molecule has 1 fully saturated rings. The van der Waals surface area contributed by atoms with E-state index in [1.807, 2.05) is 18.7 Å². The highest BCUT2D eigenvalue weighted by Crippen LogP contribution is 2.39. The number of fused-ring (bicyclic) bond motifs is 1. The van der Waals surface area contributed by atoms with Crippen molar-refractivity contribution >= 4 is 23.3 Å². The first-order valence-corrected chi connectivity index (χ1v) is 12.3. The Hall–Kier alpha value is -3.40. The monoisotopic (exact) mass is 511 g/mol. The van der Waals surface area contributed by atoms with Crippen molar-refractivity contribution in [3.63, 3.8) is 0 Å². The average Bonchev–Trinajstić information content (AvgIpc) is 3.46. The van der Waals surface area contributed by atoms with Crippen molar-refractivity contribution in [2.75, 3.05) is 32.6 Å². The van der Waals surface area contributed by atoms with Crippen molar-refractivity contribution in [2.24, 2.45) is 7.05 Å². The van der Waals surface area contributed by atoms with Crippen LogP contribution in [0.4, 0.5) is 5.82 Å². The van der Waals surface area contributed by atoms with Gasteiger partial charge in [-0.15, -0.1) is 5.10 Å². The molecule has 0 saturated carbocycles. The average molecular weight is 512 g/mol. The molecule has 1 amide bonds. The number of carbonyl (C=O) groups excluding carboxylic acids is 1. The molecule has 3 aromatic rings. The zero-order chi connectivity index (χ0) is 25.6. The zero-order valence-corrected chi connectivity index (χ0v) is 21.9. The number of nitrogens with one attached hydrogen (secondary N) is 1. The molecule has 1 spiro atoms. The smallest absolute Gasteiger partial charge is 0.314 e. The highest BCUT2D eigenvalue weighted by molar-refractivity contribution is 6.31. The first kappa shape index (κ1) is 24.3. The normalized spacial score (nSPS) is 19.7. The van der Waals surface area contributed by atoms with Gasteiger partial charge >= 0.3 is 6.01 Å². The van der Waals surface area contributed by atoms with E-state index in [1.54, 1.807) is 32.0 Å². The topological polar surface area (TPSA) is 107 Å². The van der Waals surface area contributed by atoms with Gasteiger partial charge in [-0.1, -0.05) is 11.6 Å². The van der Waals surface area contributed by atoms with Crippen LogP contribution in [0.1, 0.15) is 42.5 Å². The Kier molecular flexibility index (Phi) is 6.23. The van der Waals surface area contributed by atoms with E-state index < -0.39 is 5.92 Å². The van der Waals surface area contributed by atoms with Crippen molar-refractivity contribution in [2.45, 2.75) is 44.6 Å². The van der Waals surface area contributed by atoms with Crippen LogP contribution in [0.15, 0.2) is 18.3 Å². The fourth-order valence-corrected chi connectivity index (χ4v) is 5.44. The molecule has 5 heterocycles. The van der Waals surface area contributed by atoms with Gasteiger partial charge in [0.25, 0.3) is 0 Å². The Morgan fingerprint density at radius 3 is 2.75 bits per heavy atom. The molecule has 0 bridgehead atoms. The van der Waals surface area contributed by atoms with Gasteiger partial charge in [-0.25, -0.2) is 14.6 Å². The summed E-state index contributed by atoms with van der Waals surface area (Å²) in [5.74, 6) is 1.56. The maximum atomic E-state index is 13.4. The van der Waals surface area contributed by atoms with Gasteiger partial charge in [0.05, 0.1) is 36.4 Å². The lowest BCUT2D eigenvalue weighted by Gasteiger charge is -2.36. The van der Waals surface area contributed by atoms with Crippen molar-refractivity contribution in [1.29, 1.82) is 0 Å². The number of ether oxygens (including phenoxy) is 2. The molecule has 2 aliphatic rings. The number of rotatable bonds is 5. The molecule has 5 rings (SSSR count). The lowest BCUT2D eigenvalue weighted by atomic mass is 9.86. The number of aromatic nitrogens is 5. The maximum absolute atomic E-state index is 13.4. The third-order valence-electron chi connectivity index (χ3n) is 7.27. The third kappa shape index (κ3) is 4.23. The number of pyridine rings is 2. The summed E-state index contributed by atoms with van der Waals surface area (Å²) in [5.41, 5.74) is 3.39. The van der Waals surface area contributed by atoms with Gasteiger partial charge in [-0.2, -0.15) is 4.98 Å². The summed E-state index contributed by atoms with van der Waals surface area (Å²) >= 11 is 6.36. The Morgan fingerprint density at radius 1 is 1.22 bits per heavy atom. The van der Waals surface area contributed by atoms with Crippen LogP contribution in [0, 0.1) is 6.92 Å². The maximum Gasteiger partial charge on any atom is 0.314 e. The predicted octanol–water partition coefficient (Wildman–Crippen LogP) is 3.38. The van der Waals surface area contributed by atoms with Crippen LogP contribution in [0.2, 0.25) is 5.02 Å². The zero-order valence-electron chi connectivity index (χ0n) is 21.1. The summed E-state index contributed by atoms with van der Waals surface area (Å²) in [5, 5.41) is 8.62. The molecule has 1 N–H and O–H groups in total. The predicted molar refractivity (Wildman–Crippen MR) is 136 cm³/mol. The number of likely N-dealkylation sites (tertiary alicyclic amines) is 1. The third-order valence-corrected chi connectivity index (χ3v) is 7.58. The van der Waals surface area contributed by atoms with Crippen molar-refractivity contribution in [1.82, 2.24) is 29.6 Å². The van der Waals surface area contributed by atoms with Crippen molar-refractivity contribution < 1.29 is 14.3 Å². The van der Waals surface area contributed by atoms with E-state index in [9.17, 15) is 4.79 Å². The molecule has 0 radical (unpaired) electrons. The summed E-state index contributed by atoms with van der Waals surface area (Å²) in [6.07, 6.45) is 4.16. The van der Waals surface area contributed by atoms with Gasteiger partial charge in [0.1, 0.15) is 5.82 Å². The Bertz CT molecular complexity index is 1330. The SMILES string of the molecule is COc1cc([C@@H](C)C(=O)N2CCC3(CCc4cc(-c5nc(OC)n(C)n5)c(C)nc4N3)C2)c(Cl)cn1. The van der Waals surface area contributed by atoms with Crippen molar-refractivity contribution in [3.8, 4) is 23.3 Å². The van der Waals surface area contributed by atoms with Crippen LogP contribution in [0.3, 0.4) is 0 Å². The minimum absolute atomic E-state index is 0.0456. The number of hydrogen-bond acceptors (Lipinski definition) is 8. The fourth-order valence-electron chi connectivity index (χ4n) is 5.17. The summed E-state index contributed by atoms with van der Waals surface area (Å²) in [6, 6.07) is 4.31. The molecule has 36 heavy (non-hydrogen) atoms. The van der Waals surface area contributed by atoms with E-state index in [4.69, 9.17) is 26.1 Å². The van der Waals surface area contributed by atoms with Crippen LogP contribution >= 0.6 is 11.6 Å². The molecule has 190 valence electrons. The number of carbonyl (C=O) groups is 1. The second-order valence-electron chi connectivity index (χ2n) is 9.56. The highest BCUT2D eigenvalue weighted by atomic mass is 35.5.